The molecule has 4 rings (SSSR count). The molecule has 4 nitrogen and oxygen atoms in total. The van der Waals surface area contributed by atoms with E-state index in [1.165, 1.54) is 5.69 Å². The molecule has 0 bridgehead atoms. The fourth-order valence-corrected chi connectivity index (χ4v) is 3.66. The van der Waals surface area contributed by atoms with Crippen LogP contribution >= 0.6 is 15.9 Å². The van der Waals surface area contributed by atoms with Crippen LogP contribution in [0.3, 0.4) is 0 Å². The molecule has 2 aromatic carbocycles. The molecule has 0 radical (unpaired) electrons. The molecule has 142 valence electrons. The summed E-state index contributed by atoms with van der Waals surface area (Å²) in [6, 6.07) is 13.9. The fraction of sp³-hybridized carbons (Fsp3) is 0.316. The highest BCUT2D eigenvalue weighted by Gasteiger charge is 2.29. The first-order valence-corrected chi connectivity index (χ1v) is 9.47. The van der Waals surface area contributed by atoms with Gasteiger partial charge in [-0.2, -0.15) is 13.2 Å². The van der Waals surface area contributed by atoms with E-state index >= 15 is 0 Å². The van der Waals surface area contributed by atoms with Crippen molar-refractivity contribution in [1.29, 1.82) is 0 Å². The number of benzene rings is 2. The molecule has 1 aromatic heterocycles. The van der Waals surface area contributed by atoms with E-state index in [0.29, 0.717) is 11.0 Å². The lowest BCUT2D eigenvalue weighted by Crippen LogP contribution is -2.46. The highest BCUT2D eigenvalue weighted by Crippen LogP contribution is 2.26. The second-order valence-electron chi connectivity index (χ2n) is 6.63. The van der Waals surface area contributed by atoms with Crippen LogP contribution in [0.1, 0.15) is 5.82 Å². The molecule has 1 saturated heterocycles. The molecule has 0 amide bonds. The largest absolute Gasteiger partial charge is 0.396 e. The Hall–Kier alpha value is -2.22. The van der Waals surface area contributed by atoms with E-state index in [4.69, 9.17) is 0 Å². The van der Waals surface area contributed by atoms with Crippen LogP contribution in [-0.4, -0.2) is 42.3 Å². The van der Waals surface area contributed by atoms with Crippen molar-refractivity contribution in [3.63, 3.8) is 0 Å². The van der Waals surface area contributed by atoms with Gasteiger partial charge in [0.05, 0.1) is 11.0 Å². The van der Waals surface area contributed by atoms with Crippen LogP contribution in [0.25, 0.3) is 11.0 Å². The van der Waals surface area contributed by atoms with E-state index in [0.717, 1.165) is 36.3 Å². The summed E-state index contributed by atoms with van der Waals surface area (Å²) in [4.78, 5) is 11.4. The van der Waals surface area contributed by atoms with Crippen molar-refractivity contribution in [3.8, 4) is 0 Å². The van der Waals surface area contributed by atoms with Crippen LogP contribution in [0.2, 0.25) is 0 Å². The van der Waals surface area contributed by atoms with E-state index in [1.807, 2.05) is 24.3 Å². The first-order valence-electron chi connectivity index (χ1n) is 8.68. The van der Waals surface area contributed by atoms with Gasteiger partial charge in [0.2, 0.25) is 0 Å². The number of H-pyrrole nitrogens is 1. The van der Waals surface area contributed by atoms with Gasteiger partial charge in [0.15, 0.2) is 0 Å². The average molecular weight is 439 g/mol. The first-order chi connectivity index (χ1) is 12.9. The number of alkyl halides is 3. The normalized spacial score (nSPS) is 15.6. The van der Waals surface area contributed by atoms with E-state index in [2.05, 4.69) is 47.8 Å². The molecule has 1 aliphatic heterocycles. The van der Waals surface area contributed by atoms with Crippen LogP contribution < -0.4 is 9.80 Å². The zero-order valence-corrected chi connectivity index (χ0v) is 16.0. The third kappa shape index (κ3) is 4.21. The fourth-order valence-electron chi connectivity index (χ4n) is 3.40. The van der Waals surface area contributed by atoms with Gasteiger partial charge >= 0.3 is 6.18 Å². The maximum absolute atomic E-state index is 12.6. The van der Waals surface area contributed by atoms with Crippen molar-refractivity contribution in [2.45, 2.75) is 12.6 Å². The van der Waals surface area contributed by atoms with E-state index in [9.17, 15) is 13.2 Å². The van der Waals surface area contributed by atoms with Crippen LogP contribution in [0, 0.1) is 0 Å². The van der Waals surface area contributed by atoms with Gasteiger partial charge < -0.3 is 14.8 Å². The summed E-state index contributed by atoms with van der Waals surface area (Å²) >= 11 is 3.45. The Balaban J connectivity index is 1.46. The summed E-state index contributed by atoms with van der Waals surface area (Å²) in [7, 11) is 0. The number of aromatic nitrogens is 2. The predicted octanol–water partition coefficient (Wildman–Crippen LogP) is 4.76. The Kier molecular flexibility index (Phi) is 4.75. The molecule has 0 aliphatic carbocycles. The van der Waals surface area contributed by atoms with Crippen LogP contribution in [0.5, 0.6) is 0 Å². The Morgan fingerprint density at radius 3 is 2.15 bits per heavy atom. The zero-order valence-electron chi connectivity index (χ0n) is 14.4. The molecule has 1 N–H and O–H groups in total. The Morgan fingerprint density at radius 2 is 1.52 bits per heavy atom. The van der Waals surface area contributed by atoms with Gasteiger partial charge in [-0.25, -0.2) is 4.98 Å². The number of halogens is 4. The molecule has 2 heterocycles. The number of anilines is 2. The van der Waals surface area contributed by atoms with Gasteiger partial charge in [-0.15, -0.1) is 0 Å². The van der Waals surface area contributed by atoms with Crippen molar-refractivity contribution in [2.75, 3.05) is 36.0 Å². The van der Waals surface area contributed by atoms with E-state index < -0.39 is 12.6 Å². The maximum Gasteiger partial charge on any atom is 0.396 e. The second kappa shape index (κ2) is 7.07. The van der Waals surface area contributed by atoms with Gasteiger partial charge in [0, 0.05) is 42.0 Å². The smallest absolute Gasteiger partial charge is 0.368 e. The van der Waals surface area contributed by atoms with Crippen LogP contribution in [0.4, 0.5) is 24.5 Å². The number of piperazine rings is 1. The monoisotopic (exact) mass is 438 g/mol. The quantitative estimate of drug-likeness (QED) is 0.640. The van der Waals surface area contributed by atoms with Gasteiger partial charge in [-0.3, -0.25) is 0 Å². The van der Waals surface area contributed by atoms with Gasteiger partial charge in [-0.05, 0) is 42.5 Å². The van der Waals surface area contributed by atoms with Crippen LogP contribution in [0.15, 0.2) is 46.9 Å². The Labute approximate surface area is 163 Å². The standard InChI is InChI=1S/C19H18BrF3N4/c20-13-1-3-14(4-2-13)26-7-9-27(10-8-26)15-5-6-16-17(11-15)25-18(24-16)12-19(21,22)23/h1-6,11H,7-10,12H2,(H,24,25). The lowest BCUT2D eigenvalue weighted by molar-refractivity contribution is -0.128. The molecule has 8 heteroatoms. The second-order valence-corrected chi connectivity index (χ2v) is 7.54. The first kappa shape index (κ1) is 18.2. The number of hydrogen-bond donors (Lipinski definition) is 1. The molecule has 0 spiro atoms. The minimum Gasteiger partial charge on any atom is -0.368 e. The molecule has 3 aromatic rings. The molecule has 1 aliphatic rings. The third-order valence-corrected chi connectivity index (χ3v) is 5.25. The minimum atomic E-state index is -4.26. The third-order valence-electron chi connectivity index (χ3n) is 4.72. The molecule has 0 unspecified atom stereocenters. The Bertz CT molecular complexity index is 928. The summed E-state index contributed by atoms with van der Waals surface area (Å²) in [6.45, 7) is 3.49. The number of nitrogens with one attached hydrogen (secondary N) is 1. The van der Waals surface area contributed by atoms with Crippen molar-refractivity contribution < 1.29 is 13.2 Å². The summed E-state index contributed by atoms with van der Waals surface area (Å²) < 4.78 is 38.7. The summed E-state index contributed by atoms with van der Waals surface area (Å²) in [5.41, 5.74) is 3.40. The summed E-state index contributed by atoms with van der Waals surface area (Å²) in [5.74, 6) is -0.0466. The number of imidazole rings is 1. The van der Waals surface area contributed by atoms with E-state index in [-0.39, 0.29) is 5.82 Å². The molecule has 27 heavy (non-hydrogen) atoms. The zero-order chi connectivity index (χ0) is 19.0. The van der Waals surface area contributed by atoms with Gasteiger partial charge in [-0.1, -0.05) is 15.9 Å². The SMILES string of the molecule is FC(F)(F)Cc1nc2ccc(N3CCN(c4ccc(Br)cc4)CC3)cc2[nH]1. The van der Waals surface area contributed by atoms with Crippen molar-refractivity contribution >= 4 is 38.3 Å². The van der Waals surface area contributed by atoms with Crippen molar-refractivity contribution in [1.82, 2.24) is 9.97 Å². The topological polar surface area (TPSA) is 35.2 Å². The molecule has 1 fully saturated rings. The highest BCUT2D eigenvalue weighted by molar-refractivity contribution is 9.10. The molecule has 0 saturated carbocycles. The van der Waals surface area contributed by atoms with Gasteiger partial charge in [0.25, 0.3) is 0 Å². The highest BCUT2D eigenvalue weighted by atomic mass is 79.9. The van der Waals surface area contributed by atoms with Gasteiger partial charge in [0.1, 0.15) is 12.2 Å². The van der Waals surface area contributed by atoms with E-state index in [1.54, 1.807) is 6.07 Å². The maximum atomic E-state index is 12.6. The summed E-state index contributed by atoms with van der Waals surface area (Å²) in [5, 5.41) is 0. The molecule has 0 atom stereocenters. The number of nitrogens with zero attached hydrogens (tertiary/aromatic N) is 3. The number of fused-ring (bicyclic) bond motifs is 1. The van der Waals surface area contributed by atoms with Crippen molar-refractivity contribution in [2.24, 2.45) is 0 Å². The average Bonchev–Trinajstić information content (AvgIpc) is 3.02. The predicted molar refractivity (Wildman–Crippen MR) is 104 cm³/mol. The lowest BCUT2D eigenvalue weighted by atomic mass is 10.2. The Morgan fingerprint density at radius 1 is 0.926 bits per heavy atom. The van der Waals surface area contributed by atoms with Crippen LogP contribution in [-0.2, 0) is 6.42 Å². The lowest BCUT2D eigenvalue weighted by Gasteiger charge is -2.37. The molecular formula is C19H18BrF3N4. The minimum absolute atomic E-state index is 0.0466. The number of rotatable bonds is 3. The number of hydrogen-bond acceptors (Lipinski definition) is 3. The summed E-state index contributed by atoms with van der Waals surface area (Å²) in [6.07, 6.45) is -5.30. The number of aromatic amines is 1. The van der Waals surface area contributed by atoms with Crippen molar-refractivity contribution in [3.05, 3.63) is 52.8 Å². The molecular weight excluding hydrogens is 421 g/mol.